The Morgan fingerprint density at radius 1 is 1.24 bits per heavy atom. The number of nitrogens with zero attached hydrogens (tertiary/aromatic N) is 1. The van der Waals surface area contributed by atoms with E-state index in [1.807, 2.05) is 38.2 Å². The first-order valence-electron chi connectivity index (χ1n) is 7.01. The molecule has 112 valence electrons. The zero-order valence-electron chi connectivity index (χ0n) is 12.7. The molecule has 1 aromatic heterocycles. The summed E-state index contributed by atoms with van der Waals surface area (Å²) in [6, 6.07) is 8.21. The fraction of sp³-hybridized carbons (Fsp3) is 0.353. The van der Waals surface area contributed by atoms with E-state index in [0.717, 1.165) is 39.9 Å². The van der Waals surface area contributed by atoms with Crippen molar-refractivity contribution in [3.8, 4) is 5.75 Å². The van der Waals surface area contributed by atoms with Gasteiger partial charge in [0.2, 0.25) is 0 Å². The average molecular weight is 349 g/mol. The molecule has 3 nitrogen and oxygen atoms in total. The average Bonchev–Trinajstić information content (AvgIpc) is 2.45. The van der Waals surface area contributed by atoms with Crippen LogP contribution in [-0.2, 0) is 12.8 Å². The summed E-state index contributed by atoms with van der Waals surface area (Å²) in [5.74, 6) is 0.910. The normalized spacial score (nSPS) is 12.2. The highest BCUT2D eigenvalue weighted by Gasteiger charge is 2.14. The number of hydrogen-bond acceptors (Lipinski definition) is 3. The molecule has 0 radical (unpaired) electrons. The van der Waals surface area contributed by atoms with Crippen molar-refractivity contribution in [1.82, 2.24) is 4.98 Å². The molecule has 1 aromatic carbocycles. The van der Waals surface area contributed by atoms with Crippen molar-refractivity contribution in [1.29, 1.82) is 0 Å². The molecule has 0 saturated carbocycles. The molecular formula is C17H21BrN2O. The van der Waals surface area contributed by atoms with Crippen LogP contribution in [0.5, 0.6) is 5.75 Å². The Labute approximate surface area is 134 Å². The van der Waals surface area contributed by atoms with E-state index >= 15 is 0 Å². The van der Waals surface area contributed by atoms with Crippen LogP contribution >= 0.6 is 15.9 Å². The minimum atomic E-state index is 0.0299. The van der Waals surface area contributed by atoms with Gasteiger partial charge in [-0.3, -0.25) is 4.98 Å². The highest BCUT2D eigenvalue weighted by molar-refractivity contribution is 9.10. The zero-order valence-corrected chi connectivity index (χ0v) is 14.3. The summed E-state index contributed by atoms with van der Waals surface area (Å²) in [6.07, 6.45) is 3.41. The Bertz CT molecular complexity index is 628. The third-order valence-corrected chi connectivity index (χ3v) is 4.42. The molecule has 2 aromatic rings. The molecule has 0 aliphatic heterocycles. The van der Waals surface area contributed by atoms with Crippen LogP contribution in [0.4, 0.5) is 0 Å². The number of methoxy groups -OCH3 is 1. The second-order valence-corrected chi connectivity index (χ2v) is 6.16. The topological polar surface area (TPSA) is 48.1 Å². The molecule has 21 heavy (non-hydrogen) atoms. The summed E-state index contributed by atoms with van der Waals surface area (Å²) in [5.41, 5.74) is 10.7. The van der Waals surface area contributed by atoms with Gasteiger partial charge in [-0.15, -0.1) is 0 Å². The minimum Gasteiger partial charge on any atom is -0.496 e. The van der Waals surface area contributed by atoms with Crippen molar-refractivity contribution >= 4 is 15.9 Å². The number of ether oxygens (including phenoxy) is 1. The standard InChI is InChI=1S/C17H21BrN2O/c1-11-10-20-16(12(2)17(11)21-3)9-14(19)8-13-6-4-5-7-15(13)18/h4-7,10,14H,8-9,19H2,1-3H3. The van der Waals surface area contributed by atoms with Crippen molar-refractivity contribution in [3.05, 3.63) is 57.3 Å². The van der Waals surface area contributed by atoms with E-state index in [1.165, 1.54) is 5.56 Å². The molecule has 4 heteroatoms. The predicted octanol–water partition coefficient (Wildman–Crippen LogP) is 3.58. The van der Waals surface area contributed by atoms with Gasteiger partial charge in [-0.05, 0) is 31.9 Å². The van der Waals surface area contributed by atoms with E-state index in [0.29, 0.717) is 0 Å². The van der Waals surface area contributed by atoms with Gasteiger partial charge in [0.1, 0.15) is 5.75 Å². The quantitative estimate of drug-likeness (QED) is 0.898. The van der Waals surface area contributed by atoms with Crippen LogP contribution in [0, 0.1) is 13.8 Å². The maximum absolute atomic E-state index is 6.30. The van der Waals surface area contributed by atoms with Gasteiger partial charge in [-0.25, -0.2) is 0 Å². The molecule has 0 aliphatic rings. The number of halogens is 1. The van der Waals surface area contributed by atoms with Crippen LogP contribution in [0.25, 0.3) is 0 Å². The summed E-state index contributed by atoms with van der Waals surface area (Å²) in [5, 5.41) is 0. The van der Waals surface area contributed by atoms with Gasteiger partial charge in [-0.1, -0.05) is 34.1 Å². The van der Waals surface area contributed by atoms with Gasteiger partial charge in [0.25, 0.3) is 0 Å². The number of pyridine rings is 1. The van der Waals surface area contributed by atoms with E-state index in [9.17, 15) is 0 Å². The molecule has 0 aliphatic carbocycles. The Balaban J connectivity index is 2.13. The first kappa shape index (κ1) is 16.0. The number of rotatable bonds is 5. The monoisotopic (exact) mass is 348 g/mol. The molecule has 1 unspecified atom stereocenters. The Morgan fingerprint density at radius 2 is 1.95 bits per heavy atom. The lowest BCUT2D eigenvalue weighted by Crippen LogP contribution is -2.26. The summed E-state index contributed by atoms with van der Waals surface area (Å²) >= 11 is 3.57. The lowest BCUT2D eigenvalue weighted by molar-refractivity contribution is 0.406. The smallest absolute Gasteiger partial charge is 0.128 e. The lowest BCUT2D eigenvalue weighted by Gasteiger charge is -2.16. The molecule has 1 heterocycles. The highest BCUT2D eigenvalue weighted by Crippen LogP contribution is 2.25. The van der Waals surface area contributed by atoms with Gasteiger partial charge in [0.05, 0.1) is 7.11 Å². The Kier molecular flexibility index (Phi) is 5.37. The molecule has 0 saturated heterocycles. The molecule has 0 fully saturated rings. The fourth-order valence-corrected chi connectivity index (χ4v) is 2.99. The van der Waals surface area contributed by atoms with Crippen molar-refractivity contribution < 1.29 is 4.74 Å². The number of aromatic nitrogens is 1. The summed E-state index contributed by atoms with van der Waals surface area (Å²) < 4.78 is 6.55. The van der Waals surface area contributed by atoms with Gasteiger partial charge in [0, 0.05) is 40.0 Å². The third-order valence-electron chi connectivity index (χ3n) is 3.65. The van der Waals surface area contributed by atoms with Crippen LogP contribution in [-0.4, -0.2) is 18.1 Å². The van der Waals surface area contributed by atoms with Gasteiger partial charge >= 0.3 is 0 Å². The number of nitrogens with two attached hydrogens (primary N) is 1. The predicted molar refractivity (Wildman–Crippen MR) is 89.8 cm³/mol. The van der Waals surface area contributed by atoms with Crippen LogP contribution in [0.2, 0.25) is 0 Å². The van der Waals surface area contributed by atoms with Crippen LogP contribution in [0.3, 0.4) is 0 Å². The molecular weight excluding hydrogens is 328 g/mol. The van der Waals surface area contributed by atoms with Crippen molar-refractivity contribution in [2.24, 2.45) is 5.73 Å². The first-order valence-corrected chi connectivity index (χ1v) is 7.80. The first-order chi connectivity index (χ1) is 10.0. The largest absolute Gasteiger partial charge is 0.496 e. The maximum Gasteiger partial charge on any atom is 0.128 e. The number of benzene rings is 1. The Morgan fingerprint density at radius 3 is 2.62 bits per heavy atom. The van der Waals surface area contributed by atoms with Crippen LogP contribution < -0.4 is 10.5 Å². The fourth-order valence-electron chi connectivity index (χ4n) is 2.54. The van der Waals surface area contributed by atoms with E-state index in [4.69, 9.17) is 10.5 Å². The number of aryl methyl sites for hydroxylation is 1. The van der Waals surface area contributed by atoms with Gasteiger partial charge in [-0.2, -0.15) is 0 Å². The van der Waals surface area contributed by atoms with Gasteiger partial charge < -0.3 is 10.5 Å². The molecule has 2 N–H and O–H groups in total. The van der Waals surface area contributed by atoms with Crippen molar-refractivity contribution in [3.63, 3.8) is 0 Å². The number of hydrogen-bond donors (Lipinski definition) is 1. The SMILES string of the molecule is COc1c(C)cnc(CC(N)Cc2ccccc2Br)c1C. The van der Waals surface area contributed by atoms with Crippen molar-refractivity contribution in [2.75, 3.05) is 7.11 Å². The minimum absolute atomic E-state index is 0.0299. The van der Waals surface area contributed by atoms with Crippen LogP contribution in [0.15, 0.2) is 34.9 Å². The summed E-state index contributed by atoms with van der Waals surface area (Å²) in [7, 11) is 1.69. The highest BCUT2D eigenvalue weighted by atomic mass is 79.9. The molecule has 0 spiro atoms. The van der Waals surface area contributed by atoms with Gasteiger partial charge in [0.15, 0.2) is 0 Å². The molecule has 2 rings (SSSR count). The zero-order chi connectivity index (χ0) is 15.4. The molecule has 0 amide bonds. The summed E-state index contributed by atoms with van der Waals surface area (Å²) in [6.45, 7) is 4.04. The summed E-state index contributed by atoms with van der Waals surface area (Å²) in [4.78, 5) is 4.52. The second kappa shape index (κ2) is 7.05. The van der Waals surface area contributed by atoms with E-state index in [-0.39, 0.29) is 6.04 Å². The third kappa shape index (κ3) is 3.83. The second-order valence-electron chi connectivity index (χ2n) is 5.31. The van der Waals surface area contributed by atoms with Crippen LogP contribution in [0.1, 0.15) is 22.4 Å². The maximum atomic E-state index is 6.30. The lowest BCUT2D eigenvalue weighted by atomic mass is 9.99. The molecule has 1 atom stereocenters. The van der Waals surface area contributed by atoms with E-state index in [1.54, 1.807) is 7.11 Å². The Hall–Kier alpha value is -1.39. The van der Waals surface area contributed by atoms with Crippen molar-refractivity contribution in [2.45, 2.75) is 32.7 Å². The van der Waals surface area contributed by atoms with E-state index < -0.39 is 0 Å². The van der Waals surface area contributed by atoms with E-state index in [2.05, 4.69) is 27.0 Å². The molecule has 0 bridgehead atoms.